The van der Waals surface area contributed by atoms with Crippen LogP contribution < -0.4 is 10.1 Å². The van der Waals surface area contributed by atoms with E-state index in [1.165, 1.54) is 6.07 Å². The van der Waals surface area contributed by atoms with Gasteiger partial charge in [0.15, 0.2) is 0 Å². The third-order valence-corrected chi connectivity index (χ3v) is 7.08. The number of ether oxygens (including phenoxy) is 1. The number of nitrogens with zero attached hydrogens (tertiary/aromatic N) is 1. The van der Waals surface area contributed by atoms with E-state index in [4.69, 9.17) is 4.74 Å². The monoisotopic (exact) mass is 416 g/mol. The van der Waals surface area contributed by atoms with E-state index in [1.807, 2.05) is 13.0 Å². The lowest BCUT2D eigenvalue weighted by atomic mass is 10.1. The van der Waals surface area contributed by atoms with Crippen molar-refractivity contribution in [3.8, 4) is 5.75 Å². The van der Waals surface area contributed by atoms with Gasteiger partial charge in [-0.2, -0.15) is 4.31 Å². The largest absolute Gasteiger partial charge is 0.494 e. The van der Waals surface area contributed by atoms with E-state index in [0.717, 1.165) is 25.7 Å². The molecule has 1 N–H and O–H groups in total. The Morgan fingerprint density at radius 2 is 1.79 bits per heavy atom. The normalized spacial score (nSPS) is 15.5. The van der Waals surface area contributed by atoms with Gasteiger partial charge in [-0.3, -0.25) is 4.79 Å². The van der Waals surface area contributed by atoms with E-state index >= 15 is 0 Å². The van der Waals surface area contributed by atoms with E-state index in [1.54, 1.807) is 41.6 Å². The number of sulfonamides is 1. The van der Waals surface area contributed by atoms with Crippen LogP contribution in [0.1, 0.15) is 48.5 Å². The molecule has 0 atom stereocenters. The topological polar surface area (TPSA) is 75.7 Å². The summed E-state index contributed by atoms with van der Waals surface area (Å²) in [6.07, 6.45) is 3.84. The van der Waals surface area contributed by atoms with Crippen LogP contribution in [0.15, 0.2) is 47.4 Å². The van der Waals surface area contributed by atoms with Crippen LogP contribution in [0.2, 0.25) is 0 Å². The molecule has 0 spiro atoms. The van der Waals surface area contributed by atoms with Crippen molar-refractivity contribution in [3.63, 3.8) is 0 Å². The Hall–Kier alpha value is -2.38. The van der Waals surface area contributed by atoms with E-state index in [-0.39, 0.29) is 10.8 Å². The van der Waals surface area contributed by atoms with Gasteiger partial charge < -0.3 is 10.1 Å². The van der Waals surface area contributed by atoms with Gasteiger partial charge in [0.1, 0.15) is 5.75 Å². The molecule has 1 amide bonds. The second-order valence-electron chi connectivity index (χ2n) is 7.21. The Kier molecular flexibility index (Phi) is 6.92. The highest BCUT2D eigenvalue weighted by molar-refractivity contribution is 7.89. The number of amides is 1. The third kappa shape index (κ3) is 5.16. The fraction of sp³-hybridized carbons (Fsp3) is 0.409. The summed E-state index contributed by atoms with van der Waals surface area (Å²) in [6, 6.07) is 11.9. The highest BCUT2D eigenvalue weighted by Gasteiger charge is 2.27. The average molecular weight is 417 g/mol. The molecule has 29 heavy (non-hydrogen) atoms. The summed E-state index contributed by atoms with van der Waals surface area (Å²) in [6.45, 7) is 5.25. The number of rotatable bonds is 6. The Labute approximate surface area is 172 Å². The molecule has 1 aliphatic rings. The lowest BCUT2D eigenvalue weighted by molar-refractivity contribution is 0.102. The Balaban J connectivity index is 1.84. The second-order valence-corrected chi connectivity index (χ2v) is 9.12. The van der Waals surface area contributed by atoms with Gasteiger partial charge in [-0.1, -0.05) is 25.0 Å². The first-order chi connectivity index (χ1) is 13.9. The van der Waals surface area contributed by atoms with Crippen LogP contribution in [-0.4, -0.2) is 38.3 Å². The molecule has 0 aromatic heterocycles. The quantitative estimate of drug-likeness (QED) is 0.765. The fourth-order valence-corrected chi connectivity index (χ4v) is 5.24. The van der Waals surface area contributed by atoms with Crippen molar-refractivity contribution < 1.29 is 17.9 Å². The van der Waals surface area contributed by atoms with Crippen molar-refractivity contribution >= 4 is 21.6 Å². The molecule has 2 aromatic carbocycles. The molecule has 0 bridgehead atoms. The molecule has 6 nitrogen and oxygen atoms in total. The number of carbonyl (C=O) groups excluding carboxylic acids is 1. The zero-order valence-electron chi connectivity index (χ0n) is 17.0. The van der Waals surface area contributed by atoms with Crippen LogP contribution in [-0.2, 0) is 10.0 Å². The van der Waals surface area contributed by atoms with Crippen molar-refractivity contribution in [2.24, 2.45) is 0 Å². The summed E-state index contributed by atoms with van der Waals surface area (Å²) in [5, 5.41) is 2.82. The molecule has 2 aromatic rings. The van der Waals surface area contributed by atoms with Gasteiger partial charge in [-0.25, -0.2) is 8.42 Å². The van der Waals surface area contributed by atoms with Gasteiger partial charge in [0.2, 0.25) is 10.0 Å². The Morgan fingerprint density at radius 3 is 2.48 bits per heavy atom. The summed E-state index contributed by atoms with van der Waals surface area (Å²) in [4.78, 5) is 12.9. The average Bonchev–Trinajstić information content (AvgIpc) is 2.99. The standard InChI is InChI=1S/C22H28N2O4S/c1-3-28-20-10-8-9-19(16-20)23-22(25)18-12-11-17(2)21(15-18)29(26,27)24-13-6-4-5-7-14-24/h8-12,15-16H,3-7,13-14H2,1-2H3,(H,23,25). The smallest absolute Gasteiger partial charge is 0.255 e. The minimum atomic E-state index is -3.63. The molecule has 3 rings (SSSR count). The van der Waals surface area contributed by atoms with Crippen LogP contribution in [0.25, 0.3) is 0 Å². The maximum atomic E-state index is 13.2. The minimum Gasteiger partial charge on any atom is -0.494 e. The van der Waals surface area contributed by atoms with Crippen molar-refractivity contribution in [1.29, 1.82) is 0 Å². The molecule has 156 valence electrons. The van der Waals surface area contributed by atoms with Crippen molar-refractivity contribution in [3.05, 3.63) is 53.6 Å². The van der Waals surface area contributed by atoms with Gasteiger partial charge in [0.05, 0.1) is 11.5 Å². The Morgan fingerprint density at radius 1 is 1.07 bits per heavy atom. The summed E-state index contributed by atoms with van der Waals surface area (Å²) in [5.74, 6) is 0.310. The molecular formula is C22H28N2O4S. The van der Waals surface area contributed by atoms with Gasteiger partial charge >= 0.3 is 0 Å². The van der Waals surface area contributed by atoms with Crippen LogP contribution in [0.4, 0.5) is 5.69 Å². The molecule has 1 fully saturated rings. The second kappa shape index (κ2) is 9.41. The molecule has 7 heteroatoms. The lowest BCUT2D eigenvalue weighted by Gasteiger charge is -2.21. The predicted octanol–water partition coefficient (Wildman–Crippen LogP) is 4.21. The van der Waals surface area contributed by atoms with E-state index in [2.05, 4.69) is 5.32 Å². The highest BCUT2D eigenvalue weighted by atomic mass is 32.2. The van der Waals surface area contributed by atoms with Crippen molar-refractivity contribution in [2.45, 2.75) is 44.4 Å². The zero-order chi connectivity index (χ0) is 20.9. The minimum absolute atomic E-state index is 0.204. The predicted molar refractivity (Wildman–Crippen MR) is 114 cm³/mol. The Bertz CT molecular complexity index is 965. The molecule has 0 saturated carbocycles. The summed E-state index contributed by atoms with van der Waals surface area (Å²) in [7, 11) is -3.63. The maximum absolute atomic E-state index is 13.2. The molecule has 1 saturated heterocycles. The lowest BCUT2D eigenvalue weighted by Crippen LogP contribution is -2.32. The number of hydrogen-bond donors (Lipinski definition) is 1. The summed E-state index contributed by atoms with van der Waals surface area (Å²) < 4.78 is 33.4. The molecule has 1 heterocycles. The third-order valence-electron chi connectivity index (χ3n) is 5.04. The van der Waals surface area contributed by atoms with Gasteiger partial charge in [-0.05, 0) is 56.5 Å². The van der Waals surface area contributed by atoms with Gasteiger partial charge in [-0.15, -0.1) is 0 Å². The van der Waals surface area contributed by atoms with Crippen LogP contribution >= 0.6 is 0 Å². The first-order valence-electron chi connectivity index (χ1n) is 10.1. The fourth-order valence-electron chi connectivity index (χ4n) is 3.47. The maximum Gasteiger partial charge on any atom is 0.255 e. The summed E-state index contributed by atoms with van der Waals surface area (Å²) >= 11 is 0. The van der Waals surface area contributed by atoms with Crippen LogP contribution in [0.3, 0.4) is 0 Å². The molecule has 0 unspecified atom stereocenters. The molecule has 1 aliphatic heterocycles. The van der Waals surface area contributed by atoms with Gasteiger partial charge in [0.25, 0.3) is 5.91 Å². The first kappa shape index (κ1) is 21.3. The number of hydrogen-bond acceptors (Lipinski definition) is 4. The summed E-state index contributed by atoms with van der Waals surface area (Å²) in [5.41, 5.74) is 1.55. The number of aryl methyl sites for hydroxylation is 1. The molecule has 0 radical (unpaired) electrons. The van der Waals surface area contributed by atoms with Crippen molar-refractivity contribution in [1.82, 2.24) is 4.31 Å². The van der Waals surface area contributed by atoms with E-state index < -0.39 is 10.0 Å². The van der Waals surface area contributed by atoms with Crippen LogP contribution in [0.5, 0.6) is 5.75 Å². The van der Waals surface area contributed by atoms with Crippen molar-refractivity contribution in [2.75, 3.05) is 25.0 Å². The number of carbonyl (C=O) groups is 1. The van der Waals surface area contributed by atoms with Crippen LogP contribution in [0, 0.1) is 6.92 Å². The first-order valence-corrected chi connectivity index (χ1v) is 11.5. The SMILES string of the molecule is CCOc1cccc(NC(=O)c2ccc(C)c(S(=O)(=O)N3CCCCCC3)c2)c1. The van der Waals surface area contributed by atoms with E-state index in [0.29, 0.717) is 42.3 Å². The molecular weight excluding hydrogens is 388 g/mol. The molecule has 0 aliphatic carbocycles. The highest BCUT2D eigenvalue weighted by Crippen LogP contribution is 2.25. The van der Waals surface area contributed by atoms with E-state index in [9.17, 15) is 13.2 Å². The zero-order valence-corrected chi connectivity index (χ0v) is 17.8. The number of nitrogens with one attached hydrogen (secondary N) is 1. The number of anilines is 1. The van der Waals surface area contributed by atoms with Gasteiger partial charge in [0, 0.05) is 30.4 Å². The number of benzene rings is 2.